The summed E-state index contributed by atoms with van der Waals surface area (Å²) in [6.07, 6.45) is 5.31. The number of hydrogen-bond acceptors (Lipinski definition) is 5. The number of aromatic nitrogens is 2. The summed E-state index contributed by atoms with van der Waals surface area (Å²) < 4.78 is 0. The third-order valence-corrected chi connectivity index (χ3v) is 4.86. The van der Waals surface area contributed by atoms with Crippen molar-refractivity contribution in [2.45, 2.75) is 18.9 Å². The summed E-state index contributed by atoms with van der Waals surface area (Å²) in [7, 11) is 0. The Morgan fingerprint density at radius 3 is 2.82 bits per heavy atom. The Bertz CT molecular complexity index is 845. The van der Waals surface area contributed by atoms with Gasteiger partial charge in [0.15, 0.2) is 0 Å². The minimum absolute atomic E-state index is 0.0186. The SMILES string of the molecule is O=C(Nc1cccc(N2CCNC2=O)c1)NC1CCCN(c2ncccn2)C1. The second kappa shape index (κ2) is 8.12. The standard InChI is InChI=1S/C19H23N7O2/c27-18(23-14-4-1-6-16(12-14)26-11-9-22-19(26)28)24-15-5-2-10-25(13-15)17-20-7-3-8-21-17/h1,3-4,6-8,12,15H,2,5,9-11,13H2,(H,22,28)(H2,23,24,27). The molecule has 1 aromatic heterocycles. The van der Waals surface area contributed by atoms with Crippen LogP contribution in [0.15, 0.2) is 42.7 Å². The summed E-state index contributed by atoms with van der Waals surface area (Å²) in [6.45, 7) is 2.80. The van der Waals surface area contributed by atoms with Crippen molar-refractivity contribution in [3.8, 4) is 0 Å². The van der Waals surface area contributed by atoms with Gasteiger partial charge in [0.05, 0.1) is 0 Å². The minimum Gasteiger partial charge on any atom is -0.339 e. The monoisotopic (exact) mass is 381 g/mol. The van der Waals surface area contributed by atoms with E-state index in [2.05, 4.69) is 30.8 Å². The molecule has 1 atom stereocenters. The molecule has 4 amide bonds. The van der Waals surface area contributed by atoms with Crippen molar-refractivity contribution in [1.29, 1.82) is 0 Å². The zero-order valence-electron chi connectivity index (χ0n) is 15.5. The fourth-order valence-corrected chi connectivity index (χ4v) is 3.55. The molecular weight excluding hydrogens is 358 g/mol. The maximum atomic E-state index is 12.5. The molecule has 2 saturated heterocycles. The number of urea groups is 2. The zero-order chi connectivity index (χ0) is 19.3. The van der Waals surface area contributed by atoms with Gasteiger partial charge in [0, 0.05) is 56.0 Å². The minimum atomic E-state index is -0.260. The first kappa shape index (κ1) is 18.0. The van der Waals surface area contributed by atoms with E-state index >= 15 is 0 Å². The van der Waals surface area contributed by atoms with Crippen molar-refractivity contribution >= 4 is 29.4 Å². The summed E-state index contributed by atoms with van der Waals surface area (Å²) in [5.41, 5.74) is 1.41. The Balaban J connectivity index is 1.35. The Morgan fingerprint density at radius 2 is 2.04 bits per heavy atom. The van der Waals surface area contributed by atoms with Crippen LogP contribution in [0.5, 0.6) is 0 Å². The Kier molecular flexibility index (Phi) is 5.22. The molecule has 0 saturated carbocycles. The lowest BCUT2D eigenvalue weighted by Gasteiger charge is -2.33. The van der Waals surface area contributed by atoms with E-state index in [1.165, 1.54) is 0 Å². The molecule has 28 heavy (non-hydrogen) atoms. The number of benzene rings is 1. The molecular formula is C19H23N7O2. The molecule has 4 rings (SSSR count). The maximum absolute atomic E-state index is 12.5. The molecule has 2 aliphatic heterocycles. The molecule has 2 aromatic rings. The van der Waals surface area contributed by atoms with Gasteiger partial charge in [0.2, 0.25) is 5.95 Å². The van der Waals surface area contributed by atoms with Gasteiger partial charge in [0.25, 0.3) is 0 Å². The summed E-state index contributed by atoms with van der Waals surface area (Å²) in [5, 5.41) is 8.66. The van der Waals surface area contributed by atoms with Crippen molar-refractivity contribution in [1.82, 2.24) is 20.6 Å². The van der Waals surface area contributed by atoms with Crippen LogP contribution in [-0.4, -0.2) is 54.3 Å². The Hall–Kier alpha value is -3.36. The largest absolute Gasteiger partial charge is 0.339 e. The molecule has 3 heterocycles. The molecule has 9 nitrogen and oxygen atoms in total. The van der Waals surface area contributed by atoms with Crippen LogP contribution in [0.25, 0.3) is 0 Å². The van der Waals surface area contributed by atoms with Crippen LogP contribution in [-0.2, 0) is 0 Å². The van der Waals surface area contributed by atoms with Crippen molar-refractivity contribution in [2.24, 2.45) is 0 Å². The second-order valence-electron chi connectivity index (χ2n) is 6.87. The van der Waals surface area contributed by atoms with Crippen LogP contribution in [0.4, 0.5) is 26.9 Å². The Labute approximate surface area is 163 Å². The molecule has 2 fully saturated rings. The topological polar surface area (TPSA) is 102 Å². The molecule has 0 spiro atoms. The van der Waals surface area contributed by atoms with Gasteiger partial charge >= 0.3 is 12.1 Å². The van der Waals surface area contributed by atoms with Crippen LogP contribution in [0, 0.1) is 0 Å². The normalized spacial score (nSPS) is 19.3. The average molecular weight is 381 g/mol. The molecule has 0 radical (unpaired) electrons. The zero-order valence-corrected chi connectivity index (χ0v) is 15.5. The lowest BCUT2D eigenvalue weighted by Crippen LogP contribution is -2.49. The molecule has 9 heteroatoms. The first-order valence-electron chi connectivity index (χ1n) is 9.44. The fraction of sp³-hybridized carbons (Fsp3) is 0.368. The number of nitrogens with one attached hydrogen (secondary N) is 3. The van der Waals surface area contributed by atoms with Crippen molar-refractivity contribution < 1.29 is 9.59 Å². The van der Waals surface area contributed by atoms with E-state index in [9.17, 15) is 9.59 Å². The number of amides is 4. The number of hydrogen-bond donors (Lipinski definition) is 3. The van der Waals surface area contributed by atoms with E-state index < -0.39 is 0 Å². The van der Waals surface area contributed by atoms with Crippen LogP contribution in [0.2, 0.25) is 0 Å². The predicted octanol–water partition coefficient (Wildman–Crippen LogP) is 1.80. The third kappa shape index (κ3) is 4.13. The van der Waals surface area contributed by atoms with E-state index in [0.717, 1.165) is 25.1 Å². The van der Waals surface area contributed by atoms with Crippen molar-refractivity contribution in [3.63, 3.8) is 0 Å². The highest BCUT2D eigenvalue weighted by Gasteiger charge is 2.24. The smallest absolute Gasteiger partial charge is 0.321 e. The van der Waals surface area contributed by atoms with Crippen LogP contribution >= 0.6 is 0 Å². The quantitative estimate of drug-likeness (QED) is 0.749. The molecule has 3 N–H and O–H groups in total. The summed E-state index contributed by atoms with van der Waals surface area (Å²) >= 11 is 0. The summed E-state index contributed by atoms with van der Waals surface area (Å²) in [6, 6.07) is 8.72. The molecule has 1 aromatic carbocycles. The van der Waals surface area contributed by atoms with Gasteiger partial charge in [-0.2, -0.15) is 0 Å². The lowest BCUT2D eigenvalue weighted by atomic mass is 10.1. The average Bonchev–Trinajstić information content (AvgIpc) is 3.15. The predicted molar refractivity (Wildman–Crippen MR) is 107 cm³/mol. The van der Waals surface area contributed by atoms with E-state index in [1.54, 1.807) is 29.4 Å². The first-order chi connectivity index (χ1) is 13.7. The van der Waals surface area contributed by atoms with Gasteiger partial charge in [0.1, 0.15) is 0 Å². The van der Waals surface area contributed by atoms with Gasteiger partial charge in [-0.15, -0.1) is 0 Å². The third-order valence-electron chi connectivity index (χ3n) is 4.86. The number of carbonyl (C=O) groups is 2. The van der Waals surface area contributed by atoms with Crippen molar-refractivity contribution in [2.75, 3.05) is 41.3 Å². The summed E-state index contributed by atoms with van der Waals surface area (Å²) in [5.74, 6) is 0.686. The number of nitrogens with zero attached hydrogens (tertiary/aromatic N) is 4. The molecule has 146 valence electrons. The first-order valence-corrected chi connectivity index (χ1v) is 9.44. The highest BCUT2D eigenvalue weighted by molar-refractivity contribution is 5.95. The maximum Gasteiger partial charge on any atom is 0.321 e. The number of carbonyl (C=O) groups excluding carboxylic acids is 2. The van der Waals surface area contributed by atoms with Crippen LogP contribution in [0.3, 0.4) is 0 Å². The highest BCUT2D eigenvalue weighted by Crippen LogP contribution is 2.21. The van der Waals surface area contributed by atoms with Crippen LogP contribution in [0.1, 0.15) is 12.8 Å². The second-order valence-corrected chi connectivity index (χ2v) is 6.87. The Morgan fingerprint density at radius 1 is 1.18 bits per heavy atom. The number of rotatable bonds is 4. The molecule has 0 bridgehead atoms. The van der Waals surface area contributed by atoms with Crippen molar-refractivity contribution in [3.05, 3.63) is 42.7 Å². The van der Waals surface area contributed by atoms with E-state index in [-0.39, 0.29) is 18.1 Å². The fourth-order valence-electron chi connectivity index (χ4n) is 3.55. The molecule has 0 aliphatic carbocycles. The van der Waals surface area contributed by atoms with E-state index in [0.29, 0.717) is 31.3 Å². The van der Waals surface area contributed by atoms with E-state index in [1.807, 2.05) is 18.2 Å². The van der Waals surface area contributed by atoms with Gasteiger partial charge in [-0.25, -0.2) is 19.6 Å². The molecule has 1 unspecified atom stereocenters. The van der Waals surface area contributed by atoms with Gasteiger partial charge in [-0.1, -0.05) is 6.07 Å². The molecule has 2 aliphatic rings. The van der Waals surface area contributed by atoms with Crippen LogP contribution < -0.4 is 25.8 Å². The van der Waals surface area contributed by atoms with E-state index in [4.69, 9.17) is 0 Å². The van der Waals surface area contributed by atoms with Gasteiger partial charge in [-0.3, -0.25) is 4.90 Å². The number of anilines is 3. The highest BCUT2D eigenvalue weighted by atomic mass is 16.2. The summed E-state index contributed by atoms with van der Waals surface area (Å²) in [4.78, 5) is 36.6. The van der Waals surface area contributed by atoms with Gasteiger partial charge < -0.3 is 20.9 Å². The number of piperidine rings is 1. The van der Waals surface area contributed by atoms with Gasteiger partial charge in [-0.05, 0) is 37.1 Å². The lowest BCUT2D eigenvalue weighted by molar-refractivity contribution is 0.246.